The van der Waals surface area contributed by atoms with E-state index in [1.807, 2.05) is 54.6 Å². The van der Waals surface area contributed by atoms with Gasteiger partial charge in [0.25, 0.3) is 0 Å². The summed E-state index contributed by atoms with van der Waals surface area (Å²) < 4.78 is 0.960. The molecule has 1 aromatic heterocycles. The van der Waals surface area contributed by atoms with Gasteiger partial charge < -0.3 is 10.8 Å². The first-order valence-electron chi connectivity index (χ1n) is 6.09. The lowest BCUT2D eigenvalue weighted by atomic mass is 10.1. The second-order valence-corrected chi connectivity index (χ2v) is 6.36. The minimum atomic E-state index is 0.247. The van der Waals surface area contributed by atoms with E-state index in [1.54, 1.807) is 0 Å². The Morgan fingerprint density at radius 2 is 1.65 bits per heavy atom. The van der Waals surface area contributed by atoms with E-state index in [4.69, 9.17) is 5.73 Å². The van der Waals surface area contributed by atoms with Gasteiger partial charge in [0.1, 0.15) is 5.75 Å². The van der Waals surface area contributed by atoms with Crippen molar-refractivity contribution in [2.24, 2.45) is 0 Å². The first-order chi connectivity index (χ1) is 9.66. The summed E-state index contributed by atoms with van der Waals surface area (Å²) in [6.07, 6.45) is 0. The fourth-order valence-electron chi connectivity index (χ4n) is 2.15. The number of aromatic hydroxyl groups is 1. The Labute approximate surface area is 129 Å². The fraction of sp³-hybridized carbons (Fsp3) is 0. The predicted molar refractivity (Wildman–Crippen MR) is 89.0 cm³/mol. The van der Waals surface area contributed by atoms with E-state index in [0.717, 1.165) is 20.5 Å². The average molecular weight is 346 g/mol. The van der Waals surface area contributed by atoms with Crippen LogP contribution in [-0.4, -0.2) is 5.11 Å². The van der Waals surface area contributed by atoms with Crippen molar-refractivity contribution in [2.75, 3.05) is 5.73 Å². The number of thiophene rings is 1. The van der Waals surface area contributed by atoms with Crippen LogP contribution in [0, 0.1) is 0 Å². The van der Waals surface area contributed by atoms with Gasteiger partial charge in [-0.1, -0.05) is 58.4 Å². The topological polar surface area (TPSA) is 46.2 Å². The minimum Gasteiger partial charge on any atom is -0.506 e. The van der Waals surface area contributed by atoms with E-state index in [2.05, 4.69) is 15.9 Å². The van der Waals surface area contributed by atoms with Crippen LogP contribution in [0.5, 0.6) is 5.75 Å². The summed E-state index contributed by atoms with van der Waals surface area (Å²) in [7, 11) is 0. The molecule has 0 bridgehead atoms. The van der Waals surface area contributed by atoms with Gasteiger partial charge in [-0.25, -0.2) is 0 Å². The van der Waals surface area contributed by atoms with Crippen molar-refractivity contribution in [1.82, 2.24) is 0 Å². The molecule has 0 aliphatic rings. The van der Waals surface area contributed by atoms with Gasteiger partial charge in [-0.2, -0.15) is 0 Å². The van der Waals surface area contributed by atoms with E-state index in [0.29, 0.717) is 10.6 Å². The maximum atomic E-state index is 10.5. The Balaban J connectivity index is 2.17. The summed E-state index contributed by atoms with van der Waals surface area (Å²) in [4.78, 5) is 0.804. The molecule has 0 radical (unpaired) electrons. The fourth-order valence-corrected chi connectivity index (χ4v) is 3.54. The number of anilines is 1. The smallest absolute Gasteiger partial charge is 0.144 e. The zero-order valence-electron chi connectivity index (χ0n) is 10.5. The van der Waals surface area contributed by atoms with Gasteiger partial charge in [-0.15, -0.1) is 11.3 Å². The van der Waals surface area contributed by atoms with Crippen molar-refractivity contribution in [3.8, 4) is 27.3 Å². The maximum Gasteiger partial charge on any atom is 0.144 e. The molecule has 4 heteroatoms. The summed E-state index contributed by atoms with van der Waals surface area (Å²) >= 11 is 4.85. The van der Waals surface area contributed by atoms with Gasteiger partial charge in [-0.3, -0.25) is 0 Å². The van der Waals surface area contributed by atoms with Crippen molar-refractivity contribution in [2.45, 2.75) is 0 Å². The molecule has 0 saturated carbocycles. The highest BCUT2D eigenvalue weighted by molar-refractivity contribution is 9.10. The largest absolute Gasteiger partial charge is 0.506 e. The van der Waals surface area contributed by atoms with Crippen LogP contribution in [0.1, 0.15) is 0 Å². The molecule has 3 rings (SSSR count). The number of hydrogen-bond donors (Lipinski definition) is 2. The van der Waals surface area contributed by atoms with Crippen LogP contribution in [-0.2, 0) is 0 Å². The second-order valence-electron chi connectivity index (χ2n) is 4.40. The van der Waals surface area contributed by atoms with Gasteiger partial charge in [0.2, 0.25) is 0 Å². The van der Waals surface area contributed by atoms with Gasteiger partial charge in [0.05, 0.1) is 15.4 Å². The molecule has 2 aromatic carbocycles. The van der Waals surface area contributed by atoms with Crippen molar-refractivity contribution in [3.05, 3.63) is 59.1 Å². The Morgan fingerprint density at radius 1 is 0.950 bits per heavy atom. The van der Waals surface area contributed by atoms with E-state index in [1.165, 1.54) is 11.3 Å². The monoisotopic (exact) mass is 345 g/mol. The third-order valence-electron chi connectivity index (χ3n) is 3.06. The lowest BCUT2D eigenvalue weighted by molar-refractivity contribution is 0.481. The molecular formula is C16H12BrNOS. The third-order valence-corrected chi connectivity index (χ3v) is 4.61. The van der Waals surface area contributed by atoms with Crippen LogP contribution in [0.4, 0.5) is 5.00 Å². The Kier molecular flexibility index (Phi) is 3.51. The van der Waals surface area contributed by atoms with Gasteiger partial charge in [0.15, 0.2) is 0 Å². The summed E-state index contributed by atoms with van der Waals surface area (Å²) in [6, 6.07) is 17.6. The standard InChI is InChI=1S/C16H12BrNOS/c17-12-8-4-7-11(9-12)13-14(19)15(20-16(13)18)10-5-2-1-3-6-10/h1-9,19H,18H2. The molecule has 0 fully saturated rings. The second kappa shape index (κ2) is 5.31. The van der Waals surface area contributed by atoms with Crippen molar-refractivity contribution in [3.63, 3.8) is 0 Å². The van der Waals surface area contributed by atoms with E-state index in [-0.39, 0.29) is 5.75 Å². The van der Waals surface area contributed by atoms with Gasteiger partial charge >= 0.3 is 0 Å². The molecule has 0 atom stereocenters. The lowest BCUT2D eigenvalue weighted by Gasteiger charge is -2.03. The molecule has 0 aliphatic heterocycles. The highest BCUT2D eigenvalue weighted by atomic mass is 79.9. The van der Waals surface area contributed by atoms with Crippen molar-refractivity contribution < 1.29 is 5.11 Å². The highest BCUT2D eigenvalue weighted by Gasteiger charge is 2.18. The van der Waals surface area contributed by atoms with Crippen molar-refractivity contribution in [1.29, 1.82) is 0 Å². The normalized spacial score (nSPS) is 10.7. The molecular weight excluding hydrogens is 334 g/mol. The molecule has 3 aromatic rings. The molecule has 0 aliphatic carbocycles. The third kappa shape index (κ3) is 2.32. The van der Waals surface area contributed by atoms with Crippen LogP contribution in [0.25, 0.3) is 21.6 Å². The van der Waals surface area contributed by atoms with Crippen LogP contribution < -0.4 is 5.73 Å². The zero-order chi connectivity index (χ0) is 14.1. The van der Waals surface area contributed by atoms with Gasteiger partial charge in [-0.05, 0) is 23.3 Å². The number of nitrogen functional groups attached to an aromatic ring is 1. The summed E-state index contributed by atoms with van der Waals surface area (Å²) in [5, 5.41) is 11.1. The van der Waals surface area contributed by atoms with Crippen molar-refractivity contribution >= 4 is 32.3 Å². The molecule has 3 N–H and O–H groups in total. The number of rotatable bonds is 2. The molecule has 0 spiro atoms. The molecule has 0 saturated heterocycles. The van der Waals surface area contributed by atoms with Crippen LogP contribution >= 0.6 is 27.3 Å². The molecule has 2 nitrogen and oxygen atoms in total. The minimum absolute atomic E-state index is 0.247. The number of halogens is 1. The SMILES string of the molecule is Nc1sc(-c2ccccc2)c(O)c1-c1cccc(Br)c1. The molecule has 20 heavy (non-hydrogen) atoms. The molecule has 0 amide bonds. The number of benzene rings is 2. The first-order valence-corrected chi connectivity index (χ1v) is 7.70. The van der Waals surface area contributed by atoms with E-state index >= 15 is 0 Å². The Hall–Kier alpha value is -1.78. The maximum absolute atomic E-state index is 10.5. The molecule has 100 valence electrons. The van der Waals surface area contributed by atoms with Gasteiger partial charge in [0, 0.05) is 4.47 Å². The van der Waals surface area contributed by atoms with Crippen LogP contribution in [0.3, 0.4) is 0 Å². The summed E-state index contributed by atoms with van der Waals surface area (Å²) in [5.41, 5.74) is 8.69. The number of nitrogens with two attached hydrogens (primary N) is 1. The molecule has 0 unspecified atom stereocenters. The zero-order valence-corrected chi connectivity index (χ0v) is 12.9. The predicted octanol–water partition coefficient (Wildman–Crippen LogP) is 5.13. The Morgan fingerprint density at radius 3 is 2.35 bits per heavy atom. The first kappa shape index (κ1) is 13.2. The van der Waals surface area contributed by atoms with E-state index in [9.17, 15) is 5.11 Å². The van der Waals surface area contributed by atoms with Crippen LogP contribution in [0.15, 0.2) is 59.1 Å². The quantitative estimate of drug-likeness (QED) is 0.675. The lowest BCUT2D eigenvalue weighted by Crippen LogP contribution is -1.84. The highest BCUT2D eigenvalue weighted by Crippen LogP contribution is 2.49. The average Bonchev–Trinajstić information content (AvgIpc) is 2.75. The summed E-state index contributed by atoms with van der Waals surface area (Å²) in [5.74, 6) is 0.247. The number of hydrogen-bond acceptors (Lipinski definition) is 3. The van der Waals surface area contributed by atoms with E-state index < -0.39 is 0 Å². The van der Waals surface area contributed by atoms with Crippen LogP contribution in [0.2, 0.25) is 0 Å². The summed E-state index contributed by atoms with van der Waals surface area (Å²) in [6.45, 7) is 0. The Bertz CT molecular complexity index is 752. The molecule has 1 heterocycles.